The zero-order valence-corrected chi connectivity index (χ0v) is 18.7. The zero-order chi connectivity index (χ0) is 21.4. The van der Waals surface area contributed by atoms with Crippen LogP contribution in [0.2, 0.25) is 0 Å². The van der Waals surface area contributed by atoms with Gasteiger partial charge < -0.3 is 15.0 Å². The van der Waals surface area contributed by atoms with E-state index in [0.29, 0.717) is 6.42 Å². The lowest BCUT2D eigenvalue weighted by Crippen LogP contribution is -2.59. The van der Waals surface area contributed by atoms with Crippen LogP contribution in [0.5, 0.6) is 0 Å². The molecule has 2 aliphatic rings. The predicted molar refractivity (Wildman–Crippen MR) is 115 cm³/mol. The molecule has 3 rings (SSSR count). The number of ether oxygens (including phenoxy) is 1. The highest BCUT2D eigenvalue weighted by molar-refractivity contribution is 5.87. The number of rotatable bonds is 4. The lowest BCUT2D eigenvalue weighted by molar-refractivity contribution is -0.142. The first-order valence-electron chi connectivity index (χ1n) is 10.8. The summed E-state index contributed by atoms with van der Waals surface area (Å²) in [7, 11) is 0. The number of benzene rings is 1. The Labute approximate surface area is 175 Å². The van der Waals surface area contributed by atoms with Crippen molar-refractivity contribution in [2.24, 2.45) is 5.41 Å². The van der Waals surface area contributed by atoms with Gasteiger partial charge in [0.2, 0.25) is 5.91 Å². The summed E-state index contributed by atoms with van der Waals surface area (Å²) in [5.74, 6) is 0.0116. The Morgan fingerprint density at radius 3 is 2.45 bits per heavy atom. The van der Waals surface area contributed by atoms with Crippen LogP contribution in [0.4, 0.5) is 4.79 Å². The molecule has 29 heavy (non-hydrogen) atoms. The topological polar surface area (TPSA) is 58.6 Å². The van der Waals surface area contributed by atoms with Crippen molar-refractivity contribution in [2.45, 2.75) is 96.9 Å². The van der Waals surface area contributed by atoms with Crippen molar-refractivity contribution >= 4 is 12.0 Å². The first-order valence-corrected chi connectivity index (χ1v) is 10.8. The molecule has 0 aromatic heterocycles. The maximum Gasteiger partial charge on any atom is 0.408 e. The average Bonchev–Trinajstić information content (AvgIpc) is 2.70. The minimum Gasteiger partial charge on any atom is -0.444 e. The molecule has 2 heterocycles. The van der Waals surface area contributed by atoms with E-state index in [1.54, 1.807) is 0 Å². The summed E-state index contributed by atoms with van der Waals surface area (Å²) in [6.45, 7) is 12.2. The van der Waals surface area contributed by atoms with Gasteiger partial charge in [0, 0.05) is 18.0 Å². The van der Waals surface area contributed by atoms with Crippen molar-refractivity contribution in [1.82, 2.24) is 10.2 Å². The van der Waals surface area contributed by atoms with Gasteiger partial charge in [0.1, 0.15) is 11.6 Å². The molecule has 2 saturated heterocycles. The number of piperidine rings is 1. The van der Waals surface area contributed by atoms with Gasteiger partial charge in [0.05, 0.1) is 0 Å². The normalized spacial score (nSPS) is 26.7. The minimum atomic E-state index is -0.638. The first kappa shape index (κ1) is 21.7. The molecule has 0 saturated carbocycles. The molecule has 2 fully saturated rings. The lowest BCUT2D eigenvalue weighted by Gasteiger charge is -2.45. The Morgan fingerprint density at radius 2 is 1.86 bits per heavy atom. The van der Waals surface area contributed by atoms with E-state index in [9.17, 15) is 9.59 Å². The quantitative estimate of drug-likeness (QED) is 0.797. The fourth-order valence-corrected chi connectivity index (χ4v) is 5.40. The van der Waals surface area contributed by atoms with E-state index in [-0.39, 0.29) is 22.9 Å². The van der Waals surface area contributed by atoms with Crippen LogP contribution < -0.4 is 5.32 Å². The van der Waals surface area contributed by atoms with Gasteiger partial charge in [0.25, 0.3) is 0 Å². The van der Waals surface area contributed by atoms with Gasteiger partial charge in [0.15, 0.2) is 0 Å². The van der Waals surface area contributed by atoms with E-state index in [1.165, 1.54) is 0 Å². The third-order valence-electron chi connectivity index (χ3n) is 6.33. The van der Waals surface area contributed by atoms with Crippen molar-refractivity contribution in [3.63, 3.8) is 0 Å². The summed E-state index contributed by atoms with van der Waals surface area (Å²) < 4.78 is 5.46. The molecular weight excluding hydrogens is 364 g/mol. The smallest absolute Gasteiger partial charge is 0.408 e. The first-order chi connectivity index (χ1) is 13.4. The van der Waals surface area contributed by atoms with Crippen LogP contribution in [-0.4, -0.2) is 40.1 Å². The fourth-order valence-electron chi connectivity index (χ4n) is 5.40. The van der Waals surface area contributed by atoms with E-state index in [2.05, 4.69) is 31.0 Å². The van der Waals surface area contributed by atoms with E-state index in [0.717, 1.165) is 31.2 Å². The van der Waals surface area contributed by atoms with Crippen LogP contribution in [-0.2, 0) is 16.0 Å². The minimum absolute atomic E-state index is 0.0116. The third-order valence-corrected chi connectivity index (χ3v) is 6.33. The molecule has 2 aliphatic heterocycles. The van der Waals surface area contributed by atoms with E-state index >= 15 is 0 Å². The second kappa shape index (κ2) is 7.66. The molecule has 5 nitrogen and oxygen atoms in total. The third kappa shape index (κ3) is 4.76. The largest absolute Gasteiger partial charge is 0.444 e. The number of alkyl carbamates (subject to hydrolysis) is 1. The lowest BCUT2D eigenvalue weighted by atomic mass is 9.82. The van der Waals surface area contributed by atoms with E-state index in [1.807, 2.05) is 51.1 Å². The number of amides is 2. The Kier molecular flexibility index (Phi) is 5.72. The molecule has 1 N–H and O–H groups in total. The van der Waals surface area contributed by atoms with Crippen LogP contribution in [0.25, 0.3) is 0 Å². The summed E-state index contributed by atoms with van der Waals surface area (Å²) in [5, 5.41) is 2.88. The molecule has 2 amide bonds. The summed E-state index contributed by atoms with van der Waals surface area (Å²) in [4.78, 5) is 28.4. The molecular formula is C24H36N2O3. The molecule has 0 unspecified atom stereocenters. The number of hydrogen-bond acceptors (Lipinski definition) is 3. The summed E-state index contributed by atoms with van der Waals surface area (Å²) in [6, 6.07) is 9.43. The molecule has 1 aromatic rings. The molecule has 1 aromatic carbocycles. The number of carbonyl (C=O) groups excluding carboxylic acids is 2. The summed E-state index contributed by atoms with van der Waals surface area (Å²) in [6.07, 6.45) is 4.11. The number of fused-ring (bicyclic) bond motifs is 2. The second-order valence-corrected chi connectivity index (χ2v) is 10.7. The number of carbonyl (C=O) groups is 2. The maximum absolute atomic E-state index is 13.8. The van der Waals surface area contributed by atoms with Crippen molar-refractivity contribution in [3.05, 3.63) is 35.9 Å². The predicted octanol–water partition coefficient (Wildman–Crippen LogP) is 4.69. The van der Waals surface area contributed by atoms with Crippen LogP contribution >= 0.6 is 0 Å². The van der Waals surface area contributed by atoms with Crippen molar-refractivity contribution < 1.29 is 14.3 Å². The van der Waals surface area contributed by atoms with E-state index < -0.39 is 17.7 Å². The Bertz CT molecular complexity index is 753. The molecule has 5 heteroatoms. The highest BCUT2D eigenvalue weighted by Gasteiger charge is 2.57. The van der Waals surface area contributed by atoms with Crippen LogP contribution in [0, 0.1) is 5.41 Å². The fraction of sp³-hybridized carbons (Fsp3) is 0.667. The van der Waals surface area contributed by atoms with Gasteiger partial charge in [-0.05, 0) is 64.4 Å². The monoisotopic (exact) mass is 400 g/mol. The number of nitrogens with one attached hydrogen (secondary N) is 1. The Balaban J connectivity index is 1.86. The second-order valence-electron chi connectivity index (χ2n) is 10.7. The standard InChI is InChI=1S/C24H36N2O3/c1-22(2,3)29-21(28)25-18(15-17-11-8-7-9-12-17)20(27)26-19-13-10-14-24(26,6)16-23(19,4)5/h7-9,11-12,18-19H,10,13-16H2,1-6H3,(H,25,28)/t18-,19+,24-/m0/s1. The van der Waals surface area contributed by atoms with Crippen LogP contribution in [0.15, 0.2) is 30.3 Å². The maximum atomic E-state index is 13.8. The molecule has 2 bridgehead atoms. The summed E-state index contributed by atoms with van der Waals surface area (Å²) in [5.41, 5.74) is 0.358. The number of nitrogens with zero attached hydrogens (tertiary/aromatic N) is 1. The van der Waals surface area contributed by atoms with Crippen LogP contribution in [0.3, 0.4) is 0 Å². The van der Waals surface area contributed by atoms with Crippen molar-refractivity contribution in [2.75, 3.05) is 0 Å². The molecule has 0 spiro atoms. The van der Waals surface area contributed by atoms with Crippen LogP contribution in [0.1, 0.15) is 72.8 Å². The van der Waals surface area contributed by atoms with E-state index in [4.69, 9.17) is 4.74 Å². The SMILES string of the molecule is CC(C)(C)OC(=O)N[C@@H](Cc1ccccc1)C(=O)N1[C@@H]2CCC[C@@]1(C)CC2(C)C. The van der Waals surface area contributed by atoms with Crippen molar-refractivity contribution in [3.8, 4) is 0 Å². The molecule has 0 aliphatic carbocycles. The molecule has 3 atom stereocenters. The Morgan fingerprint density at radius 1 is 1.21 bits per heavy atom. The highest BCUT2D eigenvalue weighted by atomic mass is 16.6. The van der Waals surface area contributed by atoms with Gasteiger partial charge in [-0.1, -0.05) is 44.2 Å². The zero-order valence-electron chi connectivity index (χ0n) is 18.7. The molecule has 0 radical (unpaired) electrons. The van der Waals surface area contributed by atoms with Gasteiger partial charge >= 0.3 is 6.09 Å². The van der Waals surface area contributed by atoms with Gasteiger partial charge in [-0.3, -0.25) is 4.79 Å². The van der Waals surface area contributed by atoms with Gasteiger partial charge in [-0.2, -0.15) is 0 Å². The highest BCUT2D eigenvalue weighted by Crippen LogP contribution is 2.53. The average molecular weight is 401 g/mol. The van der Waals surface area contributed by atoms with Crippen molar-refractivity contribution in [1.29, 1.82) is 0 Å². The Hall–Kier alpha value is -2.04. The van der Waals surface area contributed by atoms with Gasteiger partial charge in [-0.15, -0.1) is 0 Å². The number of hydrogen-bond donors (Lipinski definition) is 1. The molecule has 160 valence electrons. The summed E-state index contributed by atoms with van der Waals surface area (Å²) >= 11 is 0. The van der Waals surface area contributed by atoms with Gasteiger partial charge in [-0.25, -0.2) is 4.79 Å².